The molecule has 0 fully saturated rings. The number of rotatable bonds is 7. The molecule has 2 aromatic heterocycles. The molecule has 0 aliphatic heterocycles. The minimum absolute atomic E-state index is 0.125. The van der Waals surface area contributed by atoms with E-state index in [-0.39, 0.29) is 17.6 Å². The molecule has 9 heteroatoms. The van der Waals surface area contributed by atoms with Crippen LogP contribution in [0, 0.1) is 19.8 Å². The number of hydrogen-bond acceptors (Lipinski definition) is 7. The lowest BCUT2D eigenvalue weighted by Crippen LogP contribution is -2.43. The van der Waals surface area contributed by atoms with Crippen molar-refractivity contribution in [1.29, 1.82) is 0 Å². The fourth-order valence-corrected chi connectivity index (χ4v) is 3.28. The van der Waals surface area contributed by atoms with Crippen LogP contribution in [0.3, 0.4) is 0 Å². The molecular weight excluding hydrogens is 342 g/mol. The van der Waals surface area contributed by atoms with Crippen molar-refractivity contribution >= 4 is 29.4 Å². The summed E-state index contributed by atoms with van der Waals surface area (Å²) in [5, 5.41) is 11.4. The third kappa shape index (κ3) is 4.91. The highest BCUT2D eigenvalue weighted by atomic mass is 32.2. The van der Waals surface area contributed by atoms with Crippen molar-refractivity contribution in [3.8, 4) is 0 Å². The fraction of sp³-hybridized carbons (Fsp3) is 0.562. The van der Waals surface area contributed by atoms with Crippen molar-refractivity contribution in [3.63, 3.8) is 0 Å². The Morgan fingerprint density at radius 1 is 1.32 bits per heavy atom. The van der Waals surface area contributed by atoms with Crippen LogP contribution in [0.15, 0.2) is 11.2 Å². The molecule has 0 unspecified atom stereocenters. The zero-order valence-corrected chi connectivity index (χ0v) is 15.9. The molecule has 2 aromatic rings. The van der Waals surface area contributed by atoms with Gasteiger partial charge < -0.3 is 10.1 Å². The van der Waals surface area contributed by atoms with E-state index in [1.54, 1.807) is 4.40 Å². The number of hydrogen-bond donors (Lipinski definition) is 1. The maximum absolute atomic E-state index is 12.2. The second-order valence-corrected chi connectivity index (χ2v) is 7.16. The minimum atomic E-state index is -0.640. The maximum atomic E-state index is 12.2. The van der Waals surface area contributed by atoms with Crippen molar-refractivity contribution in [3.05, 3.63) is 17.5 Å². The first kappa shape index (κ1) is 19.2. The first-order chi connectivity index (χ1) is 11.8. The van der Waals surface area contributed by atoms with Crippen LogP contribution in [0.4, 0.5) is 0 Å². The van der Waals surface area contributed by atoms with E-state index in [0.29, 0.717) is 17.4 Å². The second kappa shape index (κ2) is 8.28. The second-order valence-electron chi connectivity index (χ2n) is 6.22. The monoisotopic (exact) mass is 365 g/mol. The Balaban J connectivity index is 2.03. The maximum Gasteiger partial charge on any atom is 0.328 e. The number of esters is 1. The largest absolute Gasteiger partial charge is 0.467 e. The van der Waals surface area contributed by atoms with Crippen LogP contribution in [0.5, 0.6) is 0 Å². The van der Waals surface area contributed by atoms with Gasteiger partial charge in [-0.25, -0.2) is 9.78 Å². The van der Waals surface area contributed by atoms with E-state index < -0.39 is 12.0 Å². The number of ether oxygens (including phenoxy) is 1. The molecule has 2 heterocycles. The molecule has 25 heavy (non-hydrogen) atoms. The number of carbonyl (C=O) groups is 2. The lowest BCUT2D eigenvalue weighted by atomic mass is 10.0. The molecule has 0 radical (unpaired) electrons. The quantitative estimate of drug-likeness (QED) is 0.587. The molecular formula is C16H23N5O3S. The molecule has 136 valence electrons. The summed E-state index contributed by atoms with van der Waals surface area (Å²) >= 11 is 1.25. The van der Waals surface area contributed by atoms with Gasteiger partial charge in [-0.05, 0) is 32.3 Å². The van der Waals surface area contributed by atoms with E-state index in [4.69, 9.17) is 4.74 Å². The van der Waals surface area contributed by atoms with Gasteiger partial charge in [0.25, 0.3) is 5.78 Å². The first-order valence-electron chi connectivity index (χ1n) is 8.01. The van der Waals surface area contributed by atoms with Gasteiger partial charge in [0.2, 0.25) is 5.91 Å². The van der Waals surface area contributed by atoms with Crippen molar-refractivity contribution in [1.82, 2.24) is 24.9 Å². The fourth-order valence-electron chi connectivity index (χ4n) is 2.49. The Hall–Kier alpha value is -2.16. The van der Waals surface area contributed by atoms with Gasteiger partial charge in [-0.3, -0.25) is 9.20 Å². The Labute approximate surface area is 150 Å². The Morgan fingerprint density at radius 3 is 2.68 bits per heavy atom. The highest BCUT2D eigenvalue weighted by Gasteiger charge is 2.23. The van der Waals surface area contributed by atoms with E-state index in [0.717, 1.165) is 11.4 Å². The van der Waals surface area contributed by atoms with Gasteiger partial charge in [0.15, 0.2) is 5.16 Å². The number of nitrogens with one attached hydrogen (secondary N) is 1. The summed E-state index contributed by atoms with van der Waals surface area (Å²) in [5.41, 5.74) is 1.81. The number of thioether (sulfide) groups is 1. The van der Waals surface area contributed by atoms with E-state index in [1.165, 1.54) is 18.9 Å². The summed E-state index contributed by atoms with van der Waals surface area (Å²) in [4.78, 5) is 28.3. The smallest absolute Gasteiger partial charge is 0.328 e. The van der Waals surface area contributed by atoms with E-state index in [9.17, 15) is 9.59 Å². The van der Waals surface area contributed by atoms with Crippen molar-refractivity contribution in [2.75, 3.05) is 12.9 Å². The van der Waals surface area contributed by atoms with Gasteiger partial charge in [-0.2, -0.15) is 0 Å². The summed E-state index contributed by atoms with van der Waals surface area (Å²) in [5.74, 6) is 0.202. The molecule has 8 nitrogen and oxygen atoms in total. The Morgan fingerprint density at radius 2 is 2.04 bits per heavy atom. The molecule has 1 amide bonds. The van der Waals surface area contributed by atoms with Crippen molar-refractivity contribution < 1.29 is 14.3 Å². The average Bonchev–Trinajstić information content (AvgIpc) is 2.94. The Kier molecular flexibility index (Phi) is 6.35. The van der Waals surface area contributed by atoms with Gasteiger partial charge in [0.1, 0.15) is 6.04 Å². The summed E-state index contributed by atoms with van der Waals surface area (Å²) < 4.78 is 6.56. The van der Waals surface area contributed by atoms with E-state index in [1.807, 2.05) is 33.8 Å². The third-order valence-electron chi connectivity index (χ3n) is 3.52. The summed E-state index contributed by atoms with van der Waals surface area (Å²) in [6.07, 6.45) is 0.527. The molecule has 0 aliphatic carbocycles. The number of carbonyl (C=O) groups excluding carboxylic acids is 2. The minimum Gasteiger partial charge on any atom is -0.467 e. The van der Waals surface area contributed by atoms with Crippen molar-refractivity contribution in [2.45, 2.75) is 45.3 Å². The predicted molar refractivity (Wildman–Crippen MR) is 94.4 cm³/mol. The van der Waals surface area contributed by atoms with Gasteiger partial charge >= 0.3 is 5.97 Å². The zero-order chi connectivity index (χ0) is 18.6. The van der Waals surface area contributed by atoms with Crippen LogP contribution in [0.25, 0.3) is 5.78 Å². The van der Waals surface area contributed by atoms with Crippen LogP contribution in [0.1, 0.15) is 31.7 Å². The first-order valence-corrected chi connectivity index (χ1v) is 8.99. The highest BCUT2D eigenvalue weighted by molar-refractivity contribution is 7.99. The Bertz CT molecular complexity index is 774. The summed E-state index contributed by atoms with van der Waals surface area (Å²) in [7, 11) is 1.32. The van der Waals surface area contributed by atoms with Gasteiger partial charge in [-0.15, -0.1) is 10.2 Å². The molecule has 0 aliphatic rings. The topological polar surface area (TPSA) is 98.5 Å². The lowest BCUT2D eigenvalue weighted by molar-refractivity contribution is -0.145. The normalized spacial score (nSPS) is 12.4. The number of aromatic nitrogens is 4. The summed E-state index contributed by atoms with van der Waals surface area (Å²) in [6.45, 7) is 7.79. The average molecular weight is 365 g/mol. The molecule has 0 bridgehead atoms. The van der Waals surface area contributed by atoms with Gasteiger partial charge in [0.05, 0.1) is 12.9 Å². The van der Waals surface area contributed by atoms with E-state index >= 15 is 0 Å². The molecule has 0 spiro atoms. The molecule has 1 atom stereocenters. The highest BCUT2D eigenvalue weighted by Crippen LogP contribution is 2.18. The molecule has 2 rings (SSSR count). The zero-order valence-electron chi connectivity index (χ0n) is 15.1. The van der Waals surface area contributed by atoms with Crippen LogP contribution in [-0.4, -0.2) is 50.4 Å². The SMILES string of the molecule is COC(=O)[C@@H](CC(C)C)NC(=O)CSc1nnc2nc(C)cc(C)n12. The van der Waals surface area contributed by atoms with Crippen molar-refractivity contribution in [2.24, 2.45) is 5.92 Å². The van der Waals surface area contributed by atoms with Gasteiger partial charge in [0, 0.05) is 11.4 Å². The predicted octanol–water partition coefficient (Wildman–Crippen LogP) is 1.54. The van der Waals surface area contributed by atoms with E-state index in [2.05, 4.69) is 20.5 Å². The van der Waals surface area contributed by atoms with Crippen LogP contribution >= 0.6 is 11.8 Å². The molecule has 0 saturated carbocycles. The lowest BCUT2D eigenvalue weighted by Gasteiger charge is -2.18. The van der Waals surface area contributed by atoms with Gasteiger partial charge in [-0.1, -0.05) is 25.6 Å². The number of nitrogens with zero attached hydrogens (tertiary/aromatic N) is 4. The molecule has 1 N–H and O–H groups in total. The number of fused-ring (bicyclic) bond motifs is 1. The molecule has 0 saturated heterocycles. The van der Waals surface area contributed by atoms with Crippen LogP contribution < -0.4 is 5.32 Å². The number of methoxy groups -OCH3 is 1. The standard InChI is InChI=1S/C16H23N5O3S/c1-9(2)6-12(14(23)24-5)18-13(22)8-25-16-20-19-15-17-10(3)7-11(4)21(15)16/h7,9,12H,6,8H2,1-5H3,(H,18,22)/t12-/m1/s1. The third-order valence-corrected chi connectivity index (χ3v) is 4.45. The van der Waals surface area contributed by atoms with Crippen LogP contribution in [0.2, 0.25) is 0 Å². The number of aryl methyl sites for hydroxylation is 2. The summed E-state index contributed by atoms with van der Waals surface area (Å²) in [6, 6.07) is 1.29. The van der Waals surface area contributed by atoms with Crippen LogP contribution in [-0.2, 0) is 14.3 Å². The molecule has 0 aromatic carbocycles. The number of amides is 1.